The van der Waals surface area contributed by atoms with Crippen LogP contribution in [0.4, 0.5) is 5.69 Å². The molecule has 2 aromatic rings. The van der Waals surface area contributed by atoms with Gasteiger partial charge in [0, 0.05) is 5.69 Å². The quantitative estimate of drug-likeness (QED) is 0.590. The Balaban J connectivity index is 2.46. The van der Waals surface area contributed by atoms with E-state index >= 15 is 0 Å². The summed E-state index contributed by atoms with van der Waals surface area (Å²) < 4.78 is 26.8. The average Bonchev–Trinajstić information content (AvgIpc) is 2.48. The Morgan fingerprint density at radius 2 is 1.67 bits per heavy atom. The lowest BCUT2D eigenvalue weighted by Crippen LogP contribution is -2.15. The highest BCUT2D eigenvalue weighted by Crippen LogP contribution is 2.27. The van der Waals surface area contributed by atoms with Gasteiger partial charge in [0.15, 0.2) is 0 Å². The van der Waals surface area contributed by atoms with Crippen LogP contribution in [0.1, 0.15) is 20.7 Å². The molecule has 0 saturated heterocycles. The van der Waals surface area contributed by atoms with Gasteiger partial charge in [0.25, 0.3) is 10.0 Å². The number of phenols is 1. The number of nitrogens with one attached hydrogen (secondary N) is 1. The molecule has 126 valence electrons. The Kier molecular flexibility index (Phi) is 4.67. The second-order valence-electron chi connectivity index (χ2n) is 4.59. The van der Waals surface area contributed by atoms with Crippen molar-refractivity contribution in [2.75, 3.05) is 4.72 Å². The van der Waals surface area contributed by atoms with E-state index in [0.29, 0.717) is 0 Å². The highest BCUT2D eigenvalue weighted by Gasteiger charge is 2.21. The fourth-order valence-electron chi connectivity index (χ4n) is 1.82. The summed E-state index contributed by atoms with van der Waals surface area (Å²) in [5.74, 6) is -3.31. The van der Waals surface area contributed by atoms with Crippen LogP contribution >= 0.6 is 11.6 Å². The molecule has 0 spiro atoms. The molecule has 4 N–H and O–H groups in total. The average molecular weight is 372 g/mol. The molecule has 0 aromatic heterocycles. The summed E-state index contributed by atoms with van der Waals surface area (Å²) in [5, 5.41) is 27.1. The maximum atomic E-state index is 12.4. The van der Waals surface area contributed by atoms with Crippen molar-refractivity contribution in [3.05, 3.63) is 52.5 Å². The van der Waals surface area contributed by atoms with Crippen molar-refractivity contribution in [3.8, 4) is 5.75 Å². The molecular formula is C14H10ClNO7S. The SMILES string of the molecule is O=C(O)c1ccc(Cl)c(S(=O)(=O)Nc2ccc(O)c(C(=O)O)c2)c1. The molecule has 2 rings (SSSR count). The summed E-state index contributed by atoms with van der Waals surface area (Å²) in [6.07, 6.45) is 0. The second-order valence-corrected chi connectivity index (χ2v) is 6.65. The Hall–Kier alpha value is -2.78. The summed E-state index contributed by atoms with van der Waals surface area (Å²) in [7, 11) is -4.28. The lowest BCUT2D eigenvalue weighted by Gasteiger charge is -2.11. The largest absolute Gasteiger partial charge is 0.507 e. The predicted octanol–water partition coefficient (Wildman–Crippen LogP) is 2.24. The molecule has 0 fully saturated rings. The minimum absolute atomic E-state index is 0.137. The van der Waals surface area contributed by atoms with Gasteiger partial charge in [-0.15, -0.1) is 0 Å². The number of hydrogen-bond donors (Lipinski definition) is 4. The molecule has 10 heteroatoms. The van der Waals surface area contributed by atoms with Gasteiger partial charge in [-0.25, -0.2) is 18.0 Å². The normalized spacial score (nSPS) is 11.0. The van der Waals surface area contributed by atoms with Gasteiger partial charge >= 0.3 is 11.9 Å². The van der Waals surface area contributed by atoms with E-state index in [9.17, 15) is 23.1 Å². The Morgan fingerprint density at radius 1 is 1.00 bits per heavy atom. The number of sulfonamides is 1. The van der Waals surface area contributed by atoms with Crippen molar-refractivity contribution in [1.82, 2.24) is 0 Å². The standard InChI is InChI=1S/C14H10ClNO7S/c15-10-3-1-7(13(18)19)5-12(10)24(22,23)16-8-2-4-11(17)9(6-8)14(20)21/h1-6,16-17H,(H,18,19)(H,20,21). The fourth-order valence-corrected chi connectivity index (χ4v) is 3.40. The highest BCUT2D eigenvalue weighted by molar-refractivity contribution is 7.92. The molecule has 0 aliphatic carbocycles. The third-order valence-corrected chi connectivity index (χ3v) is 4.81. The molecule has 0 amide bonds. The lowest BCUT2D eigenvalue weighted by atomic mass is 10.2. The van der Waals surface area contributed by atoms with Crippen LogP contribution in [0.2, 0.25) is 5.02 Å². The number of carboxylic acids is 2. The van der Waals surface area contributed by atoms with Crippen molar-refractivity contribution in [2.45, 2.75) is 4.90 Å². The summed E-state index contributed by atoms with van der Waals surface area (Å²) in [6.45, 7) is 0. The molecule has 0 atom stereocenters. The Bertz CT molecular complexity index is 940. The van der Waals surface area contributed by atoms with Crippen LogP contribution in [0, 0.1) is 0 Å². The number of benzene rings is 2. The molecule has 8 nitrogen and oxygen atoms in total. The highest BCUT2D eigenvalue weighted by atomic mass is 35.5. The molecule has 0 unspecified atom stereocenters. The van der Waals surface area contributed by atoms with Crippen LogP contribution in [-0.4, -0.2) is 35.7 Å². The second kappa shape index (κ2) is 6.38. The van der Waals surface area contributed by atoms with Gasteiger partial charge in [-0.1, -0.05) is 11.6 Å². The summed E-state index contributed by atoms with van der Waals surface area (Å²) in [6, 6.07) is 6.23. The van der Waals surface area contributed by atoms with Crippen LogP contribution in [0.3, 0.4) is 0 Å². The molecule has 0 radical (unpaired) electrons. The number of carbonyl (C=O) groups is 2. The number of halogens is 1. The first-order chi connectivity index (χ1) is 11.1. The first-order valence-electron chi connectivity index (χ1n) is 6.24. The molecule has 0 bridgehead atoms. The van der Waals surface area contributed by atoms with Gasteiger partial charge in [0.1, 0.15) is 16.2 Å². The lowest BCUT2D eigenvalue weighted by molar-refractivity contribution is 0.0684. The van der Waals surface area contributed by atoms with Crippen molar-refractivity contribution < 1.29 is 33.3 Å². The fraction of sp³-hybridized carbons (Fsp3) is 0. The van der Waals surface area contributed by atoms with Crippen molar-refractivity contribution in [2.24, 2.45) is 0 Å². The number of aromatic carboxylic acids is 2. The van der Waals surface area contributed by atoms with Gasteiger partial charge in [-0.2, -0.15) is 0 Å². The minimum atomic E-state index is -4.28. The van der Waals surface area contributed by atoms with Crippen molar-refractivity contribution >= 4 is 39.3 Å². The zero-order chi connectivity index (χ0) is 18.1. The van der Waals surface area contributed by atoms with E-state index < -0.39 is 38.2 Å². The maximum absolute atomic E-state index is 12.4. The molecule has 0 aliphatic heterocycles. The Labute approximate surface area is 141 Å². The van der Waals surface area contributed by atoms with Crippen LogP contribution in [0.15, 0.2) is 41.3 Å². The number of carboxylic acid groups (broad SMARTS) is 2. The van der Waals surface area contributed by atoms with E-state index in [1.807, 2.05) is 0 Å². The summed E-state index contributed by atoms with van der Waals surface area (Å²) >= 11 is 5.81. The zero-order valence-electron chi connectivity index (χ0n) is 11.7. The van der Waals surface area contributed by atoms with Crippen LogP contribution in [0.5, 0.6) is 5.75 Å². The van der Waals surface area contributed by atoms with Gasteiger partial charge in [-0.05, 0) is 36.4 Å². The topological polar surface area (TPSA) is 141 Å². The predicted molar refractivity (Wildman–Crippen MR) is 84.3 cm³/mol. The number of anilines is 1. The van der Waals surface area contributed by atoms with Gasteiger partial charge < -0.3 is 15.3 Å². The van der Waals surface area contributed by atoms with E-state index in [4.69, 9.17) is 21.8 Å². The smallest absolute Gasteiger partial charge is 0.339 e. The van der Waals surface area contributed by atoms with Crippen LogP contribution in [0.25, 0.3) is 0 Å². The summed E-state index contributed by atoms with van der Waals surface area (Å²) in [5.41, 5.74) is -0.917. The molecule has 0 aliphatic rings. The zero-order valence-corrected chi connectivity index (χ0v) is 13.3. The molecule has 24 heavy (non-hydrogen) atoms. The number of hydrogen-bond acceptors (Lipinski definition) is 5. The molecule has 0 saturated carbocycles. The molecule has 2 aromatic carbocycles. The molecular weight excluding hydrogens is 362 g/mol. The van der Waals surface area contributed by atoms with E-state index in [1.165, 1.54) is 0 Å². The molecule has 0 heterocycles. The van der Waals surface area contributed by atoms with E-state index in [-0.39, 0.29) is 16.3 Å². The maximum Gasteiger partial charge on any atom is 0.339 e. The van der Waals surface area contributed by atoms with Gasteiger partial charge in [0.2, 0.25) is 0 Å². The number of aromatic hydroxyl groups is 1. The first-order valence-corrected chi connectivity index (χ1v) is 8.10. The first kappa shape index (κ1) is 17.6. The van der Waals surface area contributed by atoms with Crippen molar-refractivity contribution in [3.63, 3.8) is 0 Å². The monoisotopic (exact) mass is 371 g/mol. The van der Waals surface area contributed by atoms with E-state index in [2.05, 4.69) is 4.72 Å². The van der Waals surface area contributed by atoms with E-state index in [1.54, 1.807) is 0 Å². The van der Waals surface area contributed by atoms with Crippen LogP contribution in [-0.2, 0) is 10.0 Å². The number of rotatable bonds is 5. The van der Waals surface area contributed by atoms with Gasteiger partial charge in [-0.3, -0.25) is 4.72 Å². The third kappa shape index (κ3) is 3.58. The summed E-state index contributed by atoms with van der Waals surface area (Å²) in [4.78, 5) is 21.4. The van der Waals surface area contributed by atoms with Crippen molar-refractivity contribution in [1.29, 1.82) is 0 Å². The van der Waals surface area contributed by atoms with Gasteiger partial charge in [0.05, 0.1) is 10.6 Å². The third-order valence-electron chi connectivity index (χ3n) is 2.95. The Morgan fingerprint density at radius 3 is 2.25 bits per heavy atom. The van der Waals surface area contributed by atoms with E-state index in [0.717, 1.165) is 36.4 Å². The minimum Gasteiger partial charge on any atom is -0.507 e. The van der Waals surface area contributed by atoms with Crippen LogP contribution < -0.4 is 4.72 Å².